The molecule has 6 rings (SSSR count). The largest absolute Gasteiger partial charge is 0.484 e. The van der Waals surface area contributed by atoms with Crippen molar-refractivity contribution >= 4 is 0 Å². The van der Waals surface area contributed by atoms with E-state index in [4.69, 9.17) is 18.6 Å². The molecule has 0 amide bonds. The van der Waals surface area contributed by atoms with Crippen LogP contribution >= 0.6 is 0 Å². The highest BCUT2D eigenvalue weighted by Crippen LogP contribution is 2.67. The summed E-state index contributed by atoms with van der Waals surface area (Å²) in [5, 5.41) is 23.5. The van der Waals surface area contributed by atoms with Gasteiger partial charge in [-0.05, 0) is 49.7 Å². The van der Waals surface area contributed by atoms with Gasteiger partial charge in [-0.25, -0.2) is 4.79 Å². The van der Waals surface area contributed by atoms with Gasteiger partial charge in [0, 0.05) is 41.3 Å². The van der Waals surface area contributed by atoms with Gasteiger partial charge in [0.05, 0.1) is 24.9 Å². The molecule has 2 unspecified atom stereocenters. The molecule has 8 heteroatoms. The average molecular weight is 512 g/mol. The third-order valence-corrected chi connectivity index (χ3v) is 9.96. The van der Waals surface area contributed by atoms with Crippen LogP contribution < -0.4 is 10.4 Å². The van der Waals surface area contributed by atoms with Gasteiger partial charge in [-0.2, -0.15) is 0 Å². The maximum absolute atomic E-state index is 13.3. The first kappa shape index (κ1) is 25.0. The molecule has 1 saturated heterocycles. The van der Waals surface area contributed by atoms with E-state index in [1.165, 1.54) is 0 Å². The molecule has 4 heterocycles. The monoisotopic (exact) mass is 511 g/mol. The van der Waals surface area contributed by atoms with Crippen LogP contribution in [0.25, 0.3) is 11.3 Å². The highest BCUT2D eigenvalue weighted by molar-refractivity contribution is 5.59. The molecule has 0 aromatic carbocycles. The number of aromatic nitrogens is 1. The molecule has 2 saturated carbocycles. The van der Waals surface area contributed by atoms with E-state index >= 15 is 0 Å². The van der Waals surface area contributed by atoms with Crippen LogP contribution in [0.15, 0.2) is 39.8 Å². The average Bonchev–Trinajstić information content (AvgIpc) is 2.85. The Hall–Kier alpha value is -2.26. The minimum atomic E-state index is -1.15. The quantitative estimate of drug-likeness (QED) is 0.620. The second kappa shape index (κ2) is 8.37. The van der Waals surface area contributed by atoms with E-state index in [-0.39, 0.29) is 41.0 Å². The van der Waals surface area contributed by atoms with E-state index in [0.29, 0.717) is 24.4 Å². The summed E-state index contributed by atoms with van der Waals surface area (Å²) in [7, 11) is 0. The lowest BCUT2D eigenvalue weighted by Crippen LogP contribution is -2.71. The fourth-order valence-corrected chi connectivity index (χ4v) is 8.08. The second-order valence-corrected chi connectivity index (χ2v) is 12.5. The van der Waals surface area contributed by atoms with Crippen LogP contribution in [0.5, 0.6) is 5.75 Å². The summed E-state index contributed by atoms with van der Waals surface area (Å²) in [6, 6.07) is 5.18. The Bertz CT molecular complexity index is 1250. The van der Waals surface area contributed by atoms with Gasteiger partial charge in [-0.15, -0.1) is 0 Å². The number of rotatable bonds is 2. The minimum Gasteiger partial charge on any atom is -0.484 e. The summed E-state index contributed by atoms with van der Waals surface area (Å²) in [5.41, 5.74) is -1.73. The number of hydrogen-bond donors (Lipinski definition) is 2. The zero-order valence-electron chi connectivity index (χ0n) is 22.1. The molecule has 8 nitrogen and oxygen atoms in total. The molecule has 37 heavy (non-hydrogen) atoms. The molecule has 4 aliphatic rings. The van der Waals surface area contributed by atoms with Crippen molar-refractivity contribution in [3.8, 4) is 17.1 Å². The normalized spacial score (nSPS) is 42.7. The van der Waals surface area contributed by atoms with E-state index < -0.39 is 34.8 Å². The van der Waals surface area contributed by atoms with Gasteiger partial charge in [0.15, 0.2) is 6.29 Å². The smallest absolute Gasteiger partial charge is 0.345 e. The predicted octanol–water partition coefficient (Wildman–Crippen LogP) is 4.09. The molecule has 2 aliphatic carbocycles. The topological polar surface area (TPSA) is 111 Å². The van der Waals surface area contributed by atoms with Crippen molar-refractivity contribution in [1.82, 2.24) is 4.98 Å². The molecule has 2 aliphatic heterocycles. The second-order valence-electron chi connectivity index (χ2n) is 12.5. The van der Waals surface area contributed by atoms with Gasteiger partial charge < -0.3 is 28.8 Å². The van der Waals surface area contributed by atoms with Crippen molar-refractivity contribution in [2.45, 2.75) is 84.1 Å². The van der Waals surface area contributed by atoms with Crippen molar-refractivity contribution in [3.05, 3.63) is 46.6 Å². The Kier molecular flexibility index (Phi) is 5.66. The lowest BCUT2D eigenvalue weighted by molar-refractivity contribution is -0.334. The first-order chi connectivity index (χ1) is 17.5. The van der Waals surface area contributed by atoms with Crippen LogP contribution in [0, 0.1) is 28.6 Å². The van der Waals surface area contributed by atoms with Crippen molar-refractivity contribution in [2.24, 2.45) is 28.6 Å². The first-order valence-corrected chi connectivity index (χ1v) is 13.4. The summed E-state index contributed by atoms with van der Waals surface area (Å²) < 4.78 is 24.8. The third kappa shape index (κ3) is 3.49. The highest BCUT2D eigenvalue weighted by atomic mass is 16.7. The summed E-state index contributed by atoms with van der Waals surface area (Å²) in [6.45, 7) is 10.9. The molecule has 9 atom stereocenters. The van der Waals surface area contributed by atoms with Gasteiger partial charge in [0.2, 0.25) is 0 Å². The van der Waals surface area contributed by atoms with E-state index in [9.17, 15) is 15.0 Å². The van der Waals surface area contributed by atoms with Gasteiger partial charge in [-0.1, -0.05) is 27.7 Å². The van der Waals surface area contributed by atoms with Crippen LogP contribution in [0.4, 0.5) is 0 Å². The van der Waals surface area contributed by atoms with E-state index in [2.05, 4.69) is 32.7 Å². The lowest BCUT2D eigenvalue weighted by atomic mass is 9.42. The standard InChI is InChI=1S/C29H37NO7/c1-15(2)26-34-14-28(4)19-12-20(31)29(5)24(27(19,3)9-8-21(28)36-26)23(32)22-18(37-29)11-17(35-25(22)33)16-7-6-10-30-13-16/h6-7,10-11,13,15,19-21,23-24,26,31-32H,8-9,12,14H2,1-5H3/t19-,20+,21?,23+,24-,26?,27+,28+,29-/m1/s1. The van der Waals surface area contributed by atoms with Crippen molar-refractivity contribution in [2.75, 3.05) is 6.61 Å². The SMILES string of the molecule is CC(C)C1OC[C@]2(C)C(CC[C@]3(C)[C@H]4[C@@H](O)c5c(cc(-c6cccnc6)oc5=O)O[C@]4(C)[C@@H](O)C[C@H]32)O1. The number of pyridine rings is 1. The fourth-order valence-electron chi connectivity index (χ4n) is 8.08. The Morgan fingerprint density at radius 2 is 1.95 bits per heavy atom. The van der Waals surface area contributed by atoms with Crippen LogP contribution in [-0.2, 0) is 9.47 Å². The maximum atomic E-state index is 13.3. The molecule has 3 fully saturated rings. The Balaban J connectivity index is 1.42. The van der Waals surface area contributed by atoms with Crippen molar-refractivity contribution in [1.29, 1.82) is 0 Å². The zero-order valence-corrected chi connectivity index (χ0v) is 22.1. The summed E-state index contributed by atoms with van der Waals surface area (Å²) >= 11 is 0. The fraction of sp³-hybridized carbons (Fsp3) is 0.655. The molecule has 2 aromatic rings. The van der Waals surface area contributed by atoms with Crippen molar-refractivity contribution in [3.63, 3.8) is 0 Å². The van der Waals surface area contributed by atoms with Gasteiger partial charge >= 0.3 is 5.63 Å². The molecular formula is C29H37NO7. The van der Waals surface area contributed by atoms with Gasteiger partial charge in [0.1, 0.15) is 22.7 Å². The number of nitrogens with zero attached hydrogens (tertiary/aromatic N) is 1. The summed E-state index contributed by atoms with van der Waals surface area (Å²) in [6.07, 6.45) is 3.09. The number of hydrogen-bond acceptors (Lipinski definition) is 8. The Morgan fingerprint density at radius 3 is 2.65 bits per heavy atom. The molecule has 2 aromatic heterocycles. The Labute approximate surface area is 217 Å². The number of ether oxygens (including phenoxy) is 3. The number of aliphatic hydroxyl groups is 2. The summed E-state index contributed by atoms with van der Waals surface area (Å²) in [5.74, 6) is 0.297. The minimum absolute atomic E-state index is 0.00134. The van der Waals surface area contributed by atoms with Crippen LogP contribution in [-0.4, -0.2) is 45.9 Å². The molecule has 0 radical (unpaired) electrons. The van der Waals surface area contributed by atoms with E-state index in [1.54, 1.807) is 30.6 Å². The molecule has 200 valence electrons. The molecule has 0 bridgehead atoms. The maximum Gasteiger partial charge on any atom is 0.345 e. The van der Waals surface area contributed by atoms with Gasteiger partial charge in [0.25, 0.3) is 0 Å². The van der Waals surface area contributed by atoms with Gasteiger partial charge in [-0.3, -0.25) is 4.98 Å². The number of aliphatic hydroxyl groups excluding tert-OH is 2. The van der Waals surface area contributed by atoms with E-state index in [0.717, 1.165) is 12.8 Å². The molecule has 0 spiro atoms. The third-order valence-electron chi connectivity index (χ3n) is 9.96. The summed E-state index contributed by atoms with van der Waals surface area (Å²) in [4.78, 5) is 17.4. The van der Waals surface area contributed by atoms with E-state index in [1.807, 2.05) is 6.92 Å². The van der Waals surface area contributed by atoms with Crippen LogP contribution in [0.1, 0.15) is 65.5 Å². The van der Waals surface area contributed by atoms with Crippen LogP contribution in [0.3, 0.4) is 0 Å². The molecule has 2 N–H and O–H groups in total. The Morgan fingerprint density at radius 1 is 1.16 bits per heavy atom. The first-order valence-electron chi connectivity index (χ1n) is 13.4. The zero-order chi connectivity index (χ0) is 26.3. The molecular weight excluding hydrogens is 474 g/mol. The van der Waals surface area contributed by atoms with Crippen LogP contribution in [0.2, 0.25) is 0 Å². The van der Waals surface area contributed by atoms with Crippen molar-refractivity contribution < 1.29 is 28.8 Å². The predicted molar refractivity (Wildman–Crippen MR) is 135 cm³/mol. The lowest BCUT2D eigenvalue weighted by Gasteiger charge is -2.67. The highest BCUT2D eigenvalue weighted by Gasteiger charge is 2.70. The number of fused-ring (bicyclic) bond motifs is 6.